The molecule has 0 heterocycles. The maximum Gasteiger partial charge on any atom is 0.135 e. The summed E-state index contributed by atoms with van der Waals surface area (Å²) in [4.78, 5) is 0. The molecule has 0 aliphatic carbocycles. The van der Waals surface area contributed by atoms with Crippen LogP contribution in [0.1, 0.15) is 0 Å². The molecule has 258 valence electrons. The molecule has 6 nitrogen and oxygen atoms in total. The van der Waals surface area contributed by atoms with Crippen molar-refractivity contribution >= 4 is 32.3 Å². The second-order valence-corrected chi connectivity index (χ2v) is 12.6. The zero-order valence-corrected chi connectivity index (χ0v) is 30.0. The standard InChI is InChI=1S/C46H38O6/c1-47-31-15-7-27(8-16-31)39-35-23-24-37-41(29-11-19-33(49-3)20-12-29)46(52-6)42(30-13-21-34(50-4)22-14-30)38-26-25-36(43(35)44(37)38)40(45(39)51-5)28-9-17-32(48-2)18-10-28/h7-26H,1-6H3. The highest BCUT2D eigenvalue weighted by molar-refractivity contribution is 6.34. The highest BCUT2D eigenvalue weighted by Crippen LogP contribution is 2.55. The molecule has 0 radical (unpaired) electrons. The molecule has 0 atom stereocenters. The highest BCUT2D eigenvalue weighted by atomic mass is 16.5. The van der Waals surface area contributed by atoms with Crippen LogP contribution in [0.15, 0.2) is 121 Å². The van der Waals surface area contributed by atoms with Crippen LogP contribution in [0.25, 0.3) is 76.8 Å². The third kappa shape index (κ3) is 5.18. The summed E-state index contributed by atoms with van der Waals surface area (Å²) in [6.45, 7) is 0. The van der Waals surface area contributed by atoms with Crippen molar-refractivity contribution in [3.05, 3.63) is 121 Å². The Balaban J connectivity index is 1.59. The molecule has 8 rings (SSSR count). The summed E-state index contributed by atoms with van der Waals surface area (Å²) < 4.78 is 35.0. The molecule has 0 aromatic heterocycles. The minimum atomic E-state index is 0.788. The molecule has 0 unspecified atom stereocenters. The fraction of sp³-hybridized carbons (Fsp3) is 0.130. The molecule has 0 saturated carbocycles. The van der Waals surface area contributed by atoms with Gasteiger partial charge < -0.3 is 28.4 Å². The van der Waals surface area contributed by atoms with Crippen molar-refractivity contribution in [3.8, 4) is 79.0 Å². The van der Waals surface area contributed by atoms with Crippen LogP contribution in [0.2, 0.25) is 0 Å². The van der Waals surface area contributed by atoms with Gasteiger partial charge in [0.15, 0.2) is 0 Å². The first-order valence-electron chi connectivity index (χ1n) is 17.0. The van der Waals surface area contributed by atoms with Crippen LogP contribution < -0.4 is 28.4 Å². The van der Waals surface area contributed by atoms with Gasteiger partial charge in [0.05, 0.1) is 42.7 Å². The largest absolute Gasteiger partial charge is 0.497 e. The van der Waals surface area contributed by atoms with E-state index in [2.05, 4.69) is 72.8 Å². The predicted molar refractivity (Wildman–Crippen MR) is 211 cm³/mol. The molecule has 0 aliphatic heterocycles. The van der Waals surface area contributed by atoms with Gasteiger partial charge in [0, 0.05) is 22.3 Å². The Bertz CT molecular complexity index is 2190. The van der Waals surface area contributed by atoms with E-state index in [4.69, 9.17) is 28.4 Å². The van der Waals surface area contributed by atoms with Crippen molar-refractivity contribution in [3.63, 3.8) is 0 Å². The third-order valence-corrected chi connectivity index (χ3v) is 10.1. The Labute approximate surface area is 303 Å². The van der Waals surface area contributed by atoms with Gasteiger partial charge >= 0.3 is 0 Å². The van der Waals surface area contributed by atoms with Crippen molar-refractivity contribution in [1.29, 1.82) is 0 Å². The van der Waals surface area contributed by atoms with Gasteiger partial charge in [0.25, 0.3) is 0 Å². The van der Waals surface area contributed by atoms with Gasteiger partial charge in [-0.15, -0.1) is 0 Å². The summed E-state index contributed by atoms with van der Waals surface area (Å²) in [5.74, 6) is 4.74. The lowest BCUT2D eigenvalue weighted by Crippen LogP contribution is -2.00. The van der Waals surface area contributed by atoms with E-state index in [-0.39, 0.29) is 0 Å². The first-order valence-corrected chi connectivity index (χ1v) is 17.0. The molecule has 0 aliphatic rings. The zero-order valence-electron chi connectivity index (χ0n) is 30.0. The van der Waals surface area contributed by atoms with E-state index in [0.717, 1.165) is 111 Å². The Morgan fingerprint density at radius 2 is 0.462 bits per heavy atom. The molecule has 0 amide bonds. The maximum atomic E-state index is 6.41. The summed E-state index contributed by atoms with van der Waals surface area (Å²) in [6, 6.07) is 41.6. The van der Waals surface area contributed by atoms with E-state index >= 15 is 0 Å². The third-order valence-electron chi connectivity index (χ3n) is 10.1. The molecule has 0 bridgehead atoms. The van der Waals surface area contributed by atoms with Crippen LogP contribution in [-0.4, -0.2) is 42.7 Å². The molecule has 0 spiro atoms. The summed E-state index contributed by atoms with van der Waals surface area (Å²) in [6.07, 6.45) is 0. The molecule has 8 aromatic carbocycles. The Morgan fingerprint density at radius 3 is 0.635 bits per heavy atom. The maximum absolute atomic E-state index is 6.41. The van der Waals surface area contributed by atoms with Crippen molar-refractivity contribution in [2.45, 2.75) is 0 Å². The van der Waals surface area contributed by atoms with Crippen molar-refractivity contribution in [2.75, 3.05) is 42.7 Å². The lowest BCUT2D eigenvalue weighted by Gasteiger charge is -2.25. The average Bonchev–Trinajstić information content (AvgIpc) is 3.21. The topological polar surface area (TPSA) is 55.4 Å². The minimum Gasteiger partial charge on any atom is -0.497 e. The van der Waals surface area contributed by atoms with Crippen LogP contribution in [0.5, 0.6) is 34.5 Å². The second-order valence-electron chi connectivity index (χ2n) is 12.6. The summed E-state index contributed by atoms with van der Waals surface area (Å²) in [5, 5.41) is 6.61. The second kappa shape index (κ2) is 13.4. The first kappa shape index (κ1) is 32.8. The highest BCUT2D eigenvalue weighted by Gasteiger charge is 2.28. The van der Waals surface area contributed by atoms with Gasteiger partial charge in [-0.05, 0) is 103 Å². The van der Waals surface area contributed by atoms with Crippen molar-refractivity contribution in [1.82, 2.24) is 0 Å². The molecule has 0 N–H and O–H groups in total. The van der Waals surface area contributed by atoms with Gasteiger partial charge in [-0.2, -0.15) is 0 Å². The van der Waals surface area contributed by atoms with Crippen LogP contribution in [0.4, 0.5) is 0 Å². The monoisotopic (exact) mass is 686 g/mol. The molecule has 8 aromatic rings. The van der Waals surface area contributed by atoms with Crippen LogP contribution in [0, 0.1) is 0 Å². The number of hydrogen-bond acceptors (Lipinski definition) is 6. The van der Waals surface area contributed by atoms with E-state index in [1.54, 1.807) is 42.7 Å². The van der Waals surface area contributed by atoms with Gasteiger partial charge in [0.2, 0.25) is 0 Å². The van der Waals surface area contributed by atoms with Gasteiger partial charge in [-0.1, -0.05) is 72.8 Å². The summed E-state index contributed by atoms with van der Waals surface area (Å²) in [7, 11) is 10.2. The molecule has 0 fully saturated rings. The van der Waals surface area contributed by atoms with Crippen molar-refractivity contribution < 1.29 is 28.4 Å². The number of hydrogen-bond donors (Lipinski definition) is 0. The summed E-state index contributed by atoms with van der Waals surface area (Å²) >= 11 is 0. The van der Waals surface area contributed by atoms with E-state index in [1.807, 2.05) is 48.5 Å². The number of methoxy groups -OCH3 is 6. The van der Waals surface area contributed by atoms with Crippen LogP contribution >= 0.6 is 0 Å². The van der Waals surface area contributed by atoms with Gasteiger partial charge in [-0.3, -0.25) is 0 Å². The van der Waals surface area contributed by atoms with Gasteiger partial charge in [0.1, 0.15) is 34.5 Å². The number of benzene rings is 8. The smallest absolute Gasteiger partial charge is 0.135 e. The van der Waals surface area contributed by atoms with Gasteiger partial charge in [-0.25, -0.2) is 0 Å². The SMILES string of the molecule is COc1ccc(-c2c(OC)c(-c3ccc(OC)cc3)c3ccc4c(-c5ccc(OC)cc5)c(OC)c(-c5ccc(OC)cc5)c5ccc2c3c54)cc1. The Hall–Kier alpha value is -6.40. The van der Waals surface area contributed by atoms with Crippen molar-refractivity contribution in [2.24, 2.45) is 0 Å². The number of rotatable bonds is 10. The quantitative estimate of drug-likeness (QED) is 0.134. The molecular formula is C46H38O6. The zero-order chi connectivity index (χ0) is 35.9. The van der Waals surface area contributed by atoms with E-state index in [1.165, 1.54) is 0 Å². The summed E-state index contributed by atoms with van der Waals surface area (Å²) in [5.41, 5.74) is 8.11. The lowest BCUT2D eigenvalue weighted by molar-refractivity contribution is 0.414. The number of ether oxygens (including phenoxy) is 6. The Morgan fingerprint density at radius 1 is 0.250 bits per heavy atom. The van der Waals surface area contributed by atoms with Crippen LogP contribution in [0.3, 0.4) is 0 Å². The van der Waals surface area contributed by atoms with E-state index in [9.17, 15) is 0 Å². The normalized spacial score (nSPS) is 11.3. The molecular weight excluding hydrogens is 648 g/mol. The minimum absolute atomic E-state index is 0.788. The van der Waals surface area contributed by atoms with E-state index < -0.39 is 0 Å². The Kier molecular flexibility index (Phi) is 8.44. The first-order chi connectivity index (χ1) is 25.5. The molecule has 0 saturated heterocycles. The van der Waals surface area contributed by atoms with E-state index in [0.29, 0.717) is 0 Å². The fourth-order valence-corrected chi connectivity index (χ4v) is 7.65. The van der Waals surface area contributed by atoms with Crippen LogP contribution in [-0.2, 0) is 0 Å². The lowest BCUT2D eigenvalue weighted by atomic mass is 9.81. The average molecular weight is 687 g/mol. The molecule has 52 heavy (non-hydrogen) atoms. The molecule has 6 heteroatoms. The fourth-order valence-electron chi connectivity index (χ4n) is 7.65. The predicted octanol–water partition coefficient (Wildman–Crippen LogP) is 11.3.